The standard InChI is InChI=1S/C13H16F4N2/c1-2-10-8-18-5-6-19(10)12-7-9(13(15,16)17)3-4-11(12)14/h3-4,7,10,18H,2,5-6,8H2,1H3. The number of nitrogens with zero attached hydrogens (tertiary/aromatic N) is 1. The Morgan fingerprint density at radius 3 is 2.74 bits per heavy atom. The van der Waals surface area contributed by atoms with E-state index in [9.17, 15) is 17.6 Å². The van der Waals surface area contributed by atoms with Gasteiger partial charge in [-0.25, -0.2) is 4.39 Å². The summed E-state index contributed by atoms with van der Waals surface area (Å²) in [5.41, 5.74) is -0.763. The number of rotatable bonds is 2. The van der Waals surface area contributed by atoms with Crippen LogP contribution in [0.2, 0.25) is 0 Å². The van der Waals surface area contributed by atoms with Crippen molar-refractivity contribution in [2.45, 2.75) is 25.6 Å². The van der Waals surface area contributed by atoms with Gasteiger partial charge in [-0.1, -0.05) is 6.92 Å². The van der Waals surface area contributed by atoms with E-state index >= 15 is 0 Å². The van der Waals surface area contributed by atoms with Gasteiger partial charge in [-0.3, -0.25) is 0 Å². The monoisotopic (exact) mass is 276 g/mol. The zero-order valence-corrected chi connectivity index (χ0v) is 10.6. The van der Waals surface area contributed by atoms with Gasteiger partial charge in [-0.15, -0.1) is 0 Å². The van der Waals surface area contributed by atoms with Crippen LogP contribution in [-0.4, -0.2) is 25.7 Å². The van der Waals surface area contributed by atoms with Gasteiger partial charge in [0.25, 0.3) is 0 Å². The lowest BCUT2D eigenvalue weighted by Crippen LogP contribution is -2.51. The van der Waals surface area contributed by atoms with Gasteiger partial charge < -0.3 is 10.2 Å². The molecule has 1 heterocycles. The Labute approximate surface area is 109 Å². The molecule has 0 spiro atoms. The van der Waals surface area contributed by atoms with E-state index in [0.717, 1.165) is 24.6 Å². The average molecular weight is 276 g/mol. The summed E-state index contributed by atoms with van der Waals surface area (Å²) in [4.78, 5) is 1.72. The van der Waals surface area contributed by atoms with Gasteiger partial charge in [0.2, 0.25) is 0 Å². The predicted octanol–water partition coefficient (Wildman–Crippen LogP) is 3.03. The summed E-state index contributed by atoms with van der Waals surface area (Å²) >= 11 is 0. The summed E-state index contributed by atoms with van der Waals surface area (Å²) in [5, 5.41) is 3.16. The van der Waals surface area contributed by atoms with Crippen molar-refractivity contribution in [3.63, 3.8) is 0 Å². The SMILES string of the molecule is CCC1CNCCN1c1cc(C(F)(F)F)ccc1F. The van der Waals surface area contributed by atoms with E-state index in [1.165, 1.54) is 0 Å². The number of piperazine rings is 1. The van der Waals surface area contributed by atoms with Crippen LogP contribution in [0.15, 0.2) is 18.2 Å². The predicted molar refractivity (Wildman–Crippen MR) is 65.7 cm³/mol. The molecule has 2 rings (SSSR count). The van der Waals surface area contributed by atoms with Crippen molar-refractivity contribution >= 4 is 5.69 Å². The minimum absolute atomic E-state index is 0.0201. The molecule has 0 aliphatic carbocycles. The largest absolute Gasteiger partial charge is 0.416 e. The highest BCUT2D eigenvalue weighted by Crippen LogP contribution is 2.34. The van der Waals surface area contributed by atoms with Crippen LogP contribution in [0.1, 0.15) is 18.9 Å². The lowest BCUT2D eigenvalue weighted by molar-refractivity contribution is -0.137. The van der Waals surface area contributed by atoms with E-state index < -0.39 is 17.6 Å². The second-order valence-corrected chi connectivity index (χ2v) is 4.62. The molecule has 1 aromatic rings. The Kier molecular flexibility index (Phi) is 3.99. The van der Waals surface area contributed by atoms with Crippen LogP contribution in [-0.2, 0) is 6.18 Å². The topological polar surface area (TPSA) is 15.3 Å². The molecule has 1 unspecified atom stereocenters. The van der Waals surface area contributed by atoms with Crippen LogP contribution >= 0.6 is 0 Å². The third kappa shape index (κ3) is 3.00. The third-order valence-electron chi connectivity index (χ3n) is 3.40. The summed E-state index contributed by atoms with van der Waals surface area (Å²) in [5.74, 6) is -0.603. The summed E-state index contributed by atoms with van der Waals surface area (Å²) in [7, 11) is 0. The third-order valence-corrected chi connectivity index (χ3v) is 3.40. The van der Waals surface area contributed by atoms with Crippen LogP contribution in [0.5, 0.6) is 0 Å². The fraction of sp³-hybridized carbons (Fsp3) is 0.538. The Hall–Kier alpha value is -1.30. The highest BCUT2D eigenvalue weighted by atomic mass is 19.4. The summed E-state index contributed by atoms with van der Waals surface area (Å²) in [6.07, 6.45) is -3.69. The number of hydrogen-bond donors (Lipinski definition) is 1. The second kappa shape index (κ2) is 5.36. The van der Waals surface area contributed by atoms with Crippen LogP contribution in [0, 0.1) is 5.82 Å². The molecule has 1 fully saturated rings. The number of nitrogens with one attached hydrogen (secondary N) is 1. The van der Waals surface area contributed by atoms with Gasteiger partial charge in [-0.05, 0) is 24.6 Å². The van der Waals surface area contributed by atoms with E-state index in [-0.39, 0.29) is 11.7 Å². The molecule has 1 aliphatic rings. The lowest BCUT2D eigenvalue weighted by Gasteiger charge is -2.38. The molecule has 2 nitrogen and oxygen atoms in total. The first-order valence-corrected chi connectivity index (χ1v) is 6.27. The van der Waals surface area contributed by atoms with Crippen LogP contribution in [0.4, 0.5) is 23.2 Å². The van der Waals surface area contributed by atoms with E-state index in [1.807, 2.05) is 6.92 Å². The molecule has 1 aromatic carbocycles. The zero-order chi connectivity index (χ0) is 14.0. The van der Waals surface area contributed by atoms with Crippen molar-refractivity contribution in [2.75, 3.05) is 24.5 Å². The van der Waals surface area contributed by atoms with Crippen molar-refractivity contribution in [1.29, 1.82) is 0 Å². The van der Waals surface area contributed by atoms with E-state index in [0.29, 0.717) is 19.6 Å². The molecule has 0 saturated carbocycles. The van der Waals surface area contributed by atoms with Gasteiger partial charge >= 0.3 is 6.18 Å². The Morgan fingerprint density at radius 1 is 1.37 bits per heavy atom. The molecule has 1 aliphatic heterocycles. The zero-order valence-electron chi connectivity index (χ0n) is 10.6. The summed E-state index contributed by atoms with van der Waals surface area (Å²) in [6.45, 7) is 3.76. The van der Waals surface area contributed by atoms with Crippen molar-refractivity contribution in [1.82, 2.24) is 5.32 Å². The van der Waals surface area contributed by atoms with Crippen molar-refractivity contribution < 1.29 is 17.6 Å². The highest BCUT2D eigenvalue weighted by Gasteiger charge is 2.32. The minimum Gasteiger partial charge on any atom is -0.364 e. The van der Waals surface area contributed by atoms with Gasteiger partial charge in [0.1, 0.15) is 5.82 Å². The number of benzene rings is 1. The quantitative estimate of drug-likeness (QED) is 0.835. The van der Waals surface area contributed by atoms with E-state index in [1.54, 1.807) is 4.90 Å². The molecular weight excluding hydrogens is 260 g/mol. The summed E-state index contributed by atoms with van der Waals surface area (Å²) < 4.78 is 51.9. The molecular formula is C13H16F4N2. The first-order chi connectivity index (χ1) is 8.93. The molecule has 1 atom stereocenters. The molecule has 1 N–H and O–H groups in total. The maximum absolute atomic E-state index is 13.8. The molecule has 6 heteroatoms. The second-order valence-electron chi connectivity index (χ2n) is 4.62. The van der Waals surface area contributed by atoms with Gasteiger partial charge in [0, 0.05) is 25.7 Å². The first-order valence-electron chi connectivity index (χ1n) is 6.27. The lowest BCUT2D eigenvalue weighted by atomic mass is 10.1. The molecule has 106 valence electrons. The summed E-state index contributed by atoms with van der Waals surface area (Å²) in [6, 6.07) is 2.60. The molecule has 0 aromatic heterocycles. The number of halogens is 4. The Balaban J connectivity index is 2.37. The normalized spacial score (nSPS) is 20.7. The molecule has 0 radical (unpaired) electrons. The highest BCUT2D eigenvalue weighted by molar-refractivity contribution is 5.52. The first kappa shape index (κ1) is 14.1. The van der Waals surface area contributed by atoms with Crippen LogP contribution < -0.4 is 10.2 Å². The van der Waals surface area contributed by atoms with Gasteiger partial charge in [0.15, 0.2) is 0 Å². The molecule has 1 saturated heterocycles. The van der Waals surface area contributed by atoms with Gasteiger partial charge in [0.05, 0.1) is 11.3 Å². The van der Waals surface area contributed by atoms with Crippen LogP contribution in [0.25, 0.3) is 0 Å². The van der Waals surface area contributed by atoms with Crippen molar-refractivity contribution in [2.24, 2.45) is 0 Å². The molecule has 19 heavy (non-hydrogen) atoms. The smallest absolute Gasteiger partial charge is 0.364 e. The Bertz CT molecular complexity index is 445. The van der Waals surface area contributed by atoms with Crippen LogP contribution in [0.3, 0.4) is 0 Å². The number of anilines is 1. The van der Waals surface area contributed by atoms with Crippen molar-refractivity contribution in [3.05, 3.63) is 29.6 Å². The van der Waals surface area contributed by atoms with E-state index in [4.69, 9.17) is 0 Å². The minimum atomic E-state index is -4.45. The fourth-order valence-corrected chi connectivity index (χ4v) is 2.35. The molecule has 0 amide bonds. The number of hydrogen-bond acceptors (Lipinski definition) is 2. The molecule has 0 bridgehead atoms. The Morgan fingerprint density at radius 2 is 2.11 bits per heavy atom. The average Bonchev–Trinajstić information content (AvgIpc) is 2.38. The van der Waals surface area contributed by atoms with Crippen molar-refractivity contribution in [3.8, 4) is 0 Å². The maximum atomic E-state index is 13.8. The fourth-order valence-electron chi connectivity index (χ4n) is 2.35. The number of alkyl halides is 3. The maximum Gasteiger partial charge on any atom is 0.416 e. The van der Waals surface area contributed by atoms with E-state index in [2.05, 4.69) is 5.32 Å². The van der Waals surface area contributed by atoms with Gasteiger partial charge in [-0.2, -0.15) is 13.2 Å².